The molecular formula is C20H17ClN6OS. The number of benzene rings is 2. The van der Waals surface area contributed by atoms with Crippen LogP contribution in [0.1, 0.15) is 17.0 Å². The van der Waals surface area contributed by atoms with Gasteiger partial charge in [0.2, 0.25) is 4.77 Å². The highest BCUT2D eigenvalue weighted by Crippen LogP contribution is 2.22. The van der Waals surface area contributed by atoms with E-state index in [0.29, 0.717) is 15.6 Å². The normalized spacial score (nSPS) is 11.2. The Morgan fingerprint density at radius 3 is 2.66 bits per heavy atom. The van der Waals surface area contributed by atoms with Crippen molar-refractivity contribution in [2.24, 2.45) is 5.10 Å². The molecule has 29 heavy (non-hydrogen) atoms. The Labute approximate surface area is 177 Å². The Morgan fingerprint density at radius 1 is 1.14 bits per heavy atom. The zero-order chi connectivity index (χ0) is 20.2. The highest BCUT2D eigenvalue weighted by atomic mass is 35.5. The second-order valence-electron chi connectivity index (χ2n) is 6.31. The summed E-state index contributed by atoms with van der Waals surface area (Å²) >= 11 is 11.3. The number of aromatic amines is 2. The predicted octanol–water partition coefficient (Wildman–Crippen LogP) is 4.75. The first-order chi connectivity index (χ1) is 14.1. The van der Waals surface area contributed by atoms with E-state index in [1.807, 2.05) is 55.5 Å². The van der Waals surface area contributed by atoms with Gasteiger partial charge in [0.05, 0.1) is 18.1 Å². The Balaban J connectivity index is 1.55. The molecule has 2 aromatic carbocycles. The Kier molecular flexibility index (Phi) is 5.55. The molecule has 0 saturated carbocycles. The van der Waals surface area contributed by atoms with Crippen molar-refractivity contribution in [1.29, 1.82) is 0 Å². The fourth-order valence-corrected chi connectivity index (χ4v) is 3.00. The third-order valence-corrected chi connectivity index (χ3v) is 4.74. The van der Waals surface area contributed by atoms with Crippen LogP contribution < -0.4 is 4.74 Å². The van der Waals surface area contributed by atoms with E-state index in [-0.39, 0.29) is 6.61 Å². The monoisotopic (exact) mass is 424 g/mol. The van der Waals surface area contributed by atoms with Gasteiger partial charge in [-0.1, -0.05) is 41.4 Å². The molecular weight excluding hydrogens is 408 g/mol. The molecule has 0 saturated heterocycles. The number of hydrogen-bond donors (Lipinski definition) is 2. The predicted molar refractivity (Wildman–Crippen MR) is 115 cm³/mol. The summed E-state index contributed by atoms with van der Waals surface area (Å²) in [6.07, 6.45) is 3.37. The maximum Gasteiger partial charge on any atom is 0.216 e. The van der Waals surface area contributed by atoms with E-state index >= 15 is 0 Å². The van der Waals surface area contributed by atoms with Gasteiger partial charge in [-0.2, -0.15) is 20.0 Å². The third-order valence-electron chi connectivity index (χ3n) is 4.22. The second-order valence-corrected chi connectivity index (χ2v) is 7.13. The van der Waals surface area contributed by atoms with Crippen LogP contribution in [0.3, 0.4) is 0 Å². The van der Waals surface area contributed by atoms with Gasteiger partial charge in [0, 0.05) is 16.1 Å². The third kappa shape index (κ3) is 4.44. The average molecular weight is 425 g/mol. The van der Waals surface area contributed by atoms with Crippen LogP contribution in [0.15, 0.2) is 59.8 Å². The number of hydrogen-bond acceptors (Lipinski definition) is 5. The second kappa shape index (κ2) is 8.42. The van der Waals surface area contributed by atoms with Gasteiger partial charge in [-0.25, -0.2) is 5.10 Å². The molecule has 0 spiro atoms. The molecule has 4 rings (SSSR count). The highest BCUT2D eigenvalue weighted by Gasteiger charge is 2.09. The van der Waals surface area contributed by atoms with Gasteiger partial charge >= 0.3 is 0 Å². The summed E-state index contributed by atoms with van der Waals surface area (Å²) in [4.78, 5) is 0. The van der Waals surface area contributed by atoms with Gasteiger partial charge < -0.3 is 4.74 Å². The molecule has 0 fully saturated rings. The quantitative estimate of drug-likeness (QED) is 0.345. The van der Waals surface area contributed by atoms with Crippen LogP contribution >= 0.6 is 23.8 Å². The van der Waals surface area contributed by atoms with E-state index in [1.54, 1.807) is 12.4 Å². The van der Waals surface area contributed by atoms with Crippen LogP contribution in [-0.4, -0.2) is 31.3 Å². The highest BCUT2D eigenvalue weighted by molar-refractivity contribution is 7.71. The standard InChI is InChI=1S/C20H17ClN6OS/c1-13-2-8-17(9-3-13)28-12-18-24-26-20(29)27(18)23-11-15-10-22-25-19(15)14-4-6-16(21)7-5-14/h2-11H,12H2,1H3,(H,22,25)(H,26,29)/b23-11+. The average Bonchev–Trinajstić information content (AvgIpc) is 3.33. The van der Waals surface area contributed by atoms with Crippen molar-refractivity contribution < 1.29 is 4.74 Å². The van der Waals surface area contributed by atoms with Crippen LogP contribution in [-0.2, 0) is 6.61 Å². The molecule has 0 amide bonds. The largest absolute Gasteiger partial charge is 0.486 e. The number of rotatable bonds is 6. The fourth-order valence-electron chi connectivity index (χ4n) is 2.68. The van der Waals surface area contributed by atoms with E-state index in [0.717, 1.165) is 22.6 Å². The fraction of sp³-hybridized carbons (Fsp3) is 0.100. The summed E-state index contributed by atoms with van der Waals surface area (Å²) < 4.78 is 7.69. The molecule has 2 heterocycles. The zero-order valence-corrected chi connectivity index (χ0v) is 17.0. The lowest BCUT2D eigenvalue weighted by Crippen LogP contribution is -2.04. The molecule has 0 unspecified atom stereocenters. The number of ether oxygens (including phenoxy) is 1. The summed E-state index contributed by atoms with van der Waals surface area (Å²) in [7, 11) is 0. The van der Waals surface area contributed by atoms with Gasteiger partial charge in [-0.3, -0.25) is 5.10 Å². The summed E-state index contributed by atoms with van der Waals surface area (Å²) in [5, 5.41) is 19.2. The van der Waals surface area contributed by atoms with Crippen molar-refractivity contribution in [3.63, 3.8) is 0 Å². The van der Waals surface area contributed by atoms with Gasteiger partial charge in [0.1, 0.15) is 12.4 Å². The first-order valence-electron chi connectivity index (χ1n) is 8.79. The Morgan fingerprint density at radius 2 is 1.90 bits per heavy atom. The number of aromatic nitrogens is 5. The number of aryl methyl sites for hydroxylation is 1. The summed E-state index contributed by atoms with van der Waals surface area (Å²) in [6.45, 7) is 2.25. The van der Waals surface area contributed by atoms with Crippen molar-refractivity contribution >= 4 is 30.0 Å². The van der Waals surface area contributed by atoms with Crippen molar-refractivity contribution in [1.82, 2.24) is 25.1 Å². The van der Waals surface area contributed by atoms with Gasteiger partial charge in [-0.15, -0.1) is 0 Å². The molecule has 0 aliphatic heterocycles. The van der Waals surface area contributed by atoms with E-state index < -0.39 is 0 Å². The van der Waals surface area contributed by atoms with Crippen molar-refractivity contribution in [3.05, 3.63) is 81.5 Å². The molecule has 0 aliphatic rings. The maximum absolute atomic E-state index is 5.97. The van der Waals surface area contributed by atoms with Crippen LogP contribution in [0.4, 0.5) is 0 Å². The molecule has 0 bridgehead atoms. The van der Waals surface area contributed by atoms with E-state index in [4.69, 9.17) is 28.6 Å². The van der Waals surface area contributed by atoms with Crippen LogP contribution in [0.5, 0.6) is 5.75 Å². The zero-order valence-electron chi connectivity index (χ0n) is 15.5. The number of halogens is 1. The molecule has 0 radical (unpaired) electrons. The molecule has 146 valence electrons. The molecule has 0 atom stereocenters. The SMILES string of the molecule is Cc1ccc(OCc2n[nH]c(=S)n2/N=C/c2cn[nH]c2-c2ccc(Cl)cc2)cc1. The van der Waals surface area contributed by atoms with Crippen LogP contribution in [0, 0.1) is 11.7 Å². The molecule has 4 aromatic rings. The Bertz CT molecular complexity index is 1190. The molecule has 9 heteroatoms. The lowest BCUT2D eigenvalue weighted by atomic mass is 10.1. The minimum atomic E-state index is 0.225. The number of nitrogens with one attached hydrogen (secondary N) is 2. The smallest absolute Gasteiger partial charge is 0.216 e. The number of H-pyrrole nitrogens is 2. The Hall–Kier alpha value is -3.23. The molecule has 2 N–H and O–H groups in total. The van der Waals surface area contributed by atoms with Crippen molar-refractivity contribution in [2.75, 3.05) is 0 Å². The minimum absolute atomic E-state index is 0.225. The van der Waals surface area contributed by atoms with Crippen LogP contribution in [0.2, 0.25) is 5.02 Å². The molecule has 2 aromatic heterocycles. The number of nitrogens with zero attached hydrogens (tertiary/aromatic N) is 4. The first kappa shape index (κ1) is 19.1. The topological polar surface area (TPSA) is 83.9 Å². The summed E-state index contributed by atoms with van der Waals surface area (Å²) in [5.74, 6) is 1.31. The molecule has 0 aliphatic carbocycles. The van der Waals surface area contributed by atoms with Crippen molar-refractivity contribution in [3.8, 4) is 17.0 Å². The summed E-state index contributed by atoms with van der Waals surface area (Å²) in [6, 6.07) is 15.3. The van der Waals surface area contributed by atoms with E-state index in [2.05, 4.69) is 25.5 Å². The summed E-state index contributed by atoms with van der Waals surface area (Å²) in [5.41, 5.74) is 3.76. The molecule has 7 nitrogen and oxygen atoms in total. The minimum Gasteiger partial charge on any atom is -0.486 e. The first-order valence-corrected chi connectivity index (χ1v) is 9.58. The lowest BCUT2D eigenvalue weighted by Gasteiger charge is -2.05. The van der Waals surface area contributed by atoms with Gasteiger partial charge in [0.25, 0.3) is 0 Å². The van der Waals surface area contributed by atoms with Gasteiger partial charge in [-0.05, 0) is 43.4 Å². The van der Waals surface area contributed by atoms with E-state index in [1.165, 1.54) is 10.2 Å². The van der Waals surface area contributed by atoms with E-state index in [9.17, 15) is 0 Å². The lowest BCUT2D eigenvalue weighted by molar-refractivity contribution is 0.290. The maximum atomic E-state index is 5.97. The van der Waals surface area contributed by atoms with Crippen molar-refractivity contribution in [2.45, 2.75) is 13.5 Å². The van der Waals surface area contributed by atoms with Gasteiger partial charge in [0.15, 0.2) is 5.82 Å². The van der Waals surface area contributed by atoms with Crippen LogP contribution in [0.25, 0.3) is 11.3 Å².